The van der Waals surface area contributed by atoms with Crippen LogP contribution in [0, 0.1) is 0 Å². The quantitative estimate of drug-likeness (QED) is 0.641. The average molecular weight is 408 g/mol. The van der Waals surface area contributed by atoms with Gasteiger partial charge in [0, 0.05) is 18.2 Å². The molecule has 2 aromatic heterocycles. The van der Waals surface area contributed by atoms with Gasteiger partial charge < -0.3 is 10.1 Å². The van der Waals surface area contributed by atoms with Crippen LogP contribution in [0.15, 0.2) is 41.1 Å². The lowest BCUT2D eigenvalue weighted by Gasteiger charge is -2.23. The molecule has 1 N–H and O–H groups in total. The number of anilines is 2. The molecule has 1 saturated heterocycles. The number of rotatable bonds is 3. The molecule has 0 saturated carbocycles. The summed E-state index contributed by atoms with van der Waals surface area (Å²) < 4.78 is 8.66. The van der Waals surface area contributed by atoms with Crippen molar-refractivity contribution in [1.82, 2.24) is 14.8 Å². The summed E-state index contributed by atoms with van der Waals surface area (Å²) in [4.78, 5) is 4.33. The topological polar surface area (TPSA) is 52.0 Å². The van der Waals surface area contributed by atoms with Crippen LogP contribution < -0.4 is 5.32 Å². The van der Waals surface area contributed by atoms with Gasteiger partial charge in [-0.25, -0.2) is 9.67 Å². The maximum Gasteiger partial charge on any atom is 0.150 e. The van der Waals surface area contributed by atoms with Gasteiger partial charge in [-0.15, -0.1) is 0 Å². The Balaban J connectivity index is 1.70. The molecule has 3 heterocycles. The van der Waals surface area contributed by atoms with Gasteiger partial charge in [-0.2, -0.15) is 5.10 Å². The van der Waals surface area contributed by atoms with Gasteiger partial charge in [-0.1, -0.05) is 17.7 Å². The third-order valence-corrected chi connectivity index (χ3v) is 4.94. The van der Waals surface area contributed by atoms with E-state index in [0.717, 1.165) is 40.5 Å². The lowest BCUT2D eigenvalue weighted by atomic mass is 10.1. The maximum absolute atomic E-state index is 5.96. The van der Waals surface area contributed by atoms with Crippen LogP contribution in [0.4, 0.5) is 11.5 Å². The fourth-order valence-electron chi connectivity index (χ4n) is 2.96. The Hall–Kier alpha value is -1.63. The Kier molecular flexibility index (Phi) is 4.43. The summed E-state index contributed by atoms with van der Waals surface area (Å²) in [7, 11) is 0. The number of halogens is 2. The van der Waals surface area contributed by atoms with E-state index in [4.69, 9.17) is 16.3 Å². The van der Waals surface area contributed by atoms with Gasteiger partial charge in [0.05, 0.1) is 26.9 Å². The van der Waals surface area contributed by atoms with Crippen LogP contribution in [0.5, 0.6) is 0 Å². The van der Waals surface area contributed by atoms with Crippen molar-refractivity contribution in [2.75, 3.05) is 11.9 Å². The fraction of sp³-hybridized carbons (Fsp3) is 0.294. The third kappa shape index (κ3) is 3.01. The number of ether oxygens (including phenoxy) is 1. The predicted molar refractivity (Wildman–Crippen MR) is 98.8 cm³/mol. The molecule has 1 unspecified atom stereocenters. The molecule has 0 bridgehead atoms. The zero-order valence-electron chi connectivity index (χ0n) is 12.9. The van der Waals surface area contributed by atoms with Crippen LogP contribution >= 0.6 is 27.5 Å². The lowest BCUT2D eigenvalue weighted by molar-refractivity contribution is -0.0366. The van der Waals surface area contributed by atoms with E-state index in [1.54, 1.807) is 6.20 Å². The first-order chi connectivity index (χ1) is 11.7. The van der Waals surface area contributed by atoms with E-state index in [2.05, 4.69) is 37.4 Å². The first-order valence-electron chi connectivity index (χ1n) is 7.88. The first-order valence-corrected chi connectivity index (χ1v) is 9.05. The van der Waals surface area contributed by atoms with Crippen LogP contribution in [-0.2, 0) is 4.74 Å². The van der Waals surface area contributed by atoms with Crippen LogP contribution in [0.2, 0.25) is 5.02 Å². The molecule has 7 heteroatoms. The Morgan fingerprint density at radius 1 is 1.29 bits per heavy atom. The highest BCUT2D eigenvalue weighted by atomic mass is 79.9. The molecule has 1 aliphatic heterocycles. The van der Waals surface area contributed by atoms with E-state index in [0.29, 0.717) is 10.8 Å². The largest absolute Gasteiger partial charge is 0.356 e. The van der Waals surface area contributed by atoms with Crippen molar-refractivity contribution >= 4 is 49.9 Å². The number of nitrogens with one attached hydrogen (secondary N) is 1. The first kappa shape index (κ1) is 15.9. The number of aromatic nitrogens is 3. The van der Waals surface area contributed by atoms with Gasteiger partial charge in [-0.05, 0) is 53.4 Å². The monoisotopic (exact) mass is 406 g/mol. The number of pyridine rings is 1. The molecule has 1 atom stereocenters. The molecule has 1 aromatic carbocycles. The minimum atomic E-state index is 0.0203. The normalized spacial score (nSPS) is 18.0. The van der Waals surface area contributed by atoms with E-state index in [1.807, 2.05) is 29.1 Å². The summed E-state index contributed by atoms with van der Waals surface area (Å²) in [6.45, 7) is 0.797. The van der Waals surface area contributed by atoms with Crippen molar-refractivity contribution in [2.45, 2.75) is 25.5 Å². The second-order valence-electron chi connectivity index (χ2n) is 5.76. The van der Waals surface area contributed by atoms with Crippen molar-refractivity contribution in [3.8, 4) is 0 Å². The molecular weight excluding hydrogens is 392 g/mol. The second kappa shape index (κ2) is 6.70. The molecule has 0 radical (unpaired) electrons. The van der Waals surface area contributed by atoms with Crippen molar-refractivity contribution < 1.29 is 4.74 Å². The number of hydrogen-bond donors (Lipinski definition) is 1. The molecule has 0 amide bonds. The fourth-order valence-corrected chi connectivity index (χ4v) is 3.70. The van der Waals surface area contributed by atoms with Gasteiger partial charge in [-0.3, -0.25) is 0 Å². The Morgan fingerprint density at radius 3 is 3.00 bits per heavy atom. The summed E-state index contributed by atoms with van der Waals surface area (Å²) in [5, 5.41) is 9.53. The second-order valence-corrected chi connectivity index (χ2v) is 7.05. The highest BCUT2D eigenvalue weighted by Crippen LogP contribution is 2.32. The Labute approximate surface area is 153 Å². The van der Waals surface area contributed by atoms with Gasteiger partial charge in [0.25, 0.3) is 0 Å². The van der Waals surface area contributed by atoms with Gasteiger partial charge in [0.1, 0.15) is 5.82 Å². The molecule has 24 heavy (non-hydrogen) atoms. The van der Waals surface area contributed by atoms with E-state index in [1.165, 1.54) is 6.42 Å². The van der Waals surface area contributed by atoms with Crippen LogP contribution in [0.3, 0.4) is 0 Å². The lowest BCUT2D eigenvalue weighted by Crippen LogP contribution is -2.18. The summed E-state index contributed by atoms with van der Waals surface area (Å²) >= 11 is 9.44. The average Bonchev–Trinajstić information content (AvgIpc) is 3.03. The predicted octanol–water partition coefficient (Wildman–Crippen LogP) is 5.29. The van der Waals surface area contributed by atoms with E-state index in [-0.39, 0.29) is 6.23 Å². The summed E-state index contributed by atoms with van der Waals surface area (Å²) in [5.74, 6) is 0.716. The van der Waals surface area contributed by atoms with E-state index >= 15 is 0 Å². The van der Waals surface area contributed by atoms with Crippen molar-refractivity contribution in [3.05, 3.63) is 46.2 Å². The summed E-state index contributed by atoms with van der Waals surface area (Å²) in [6.07, 6.45) is 6.81. The number of hydrogen-bond acceptors (Lipinski definition) is 4. The SMILES string of the molecule is Clc1cnc(Nc2cccc3c2cnn3C2CCCCO2)c(Br)c1. The number of benzene rings is 1. The van der Waals surface area contributed by atoms with E-state index < -0.39 is 0 Å². The Morgan fingerprint density at radius 2 is 2.21 bits per heavy atom. The van der Waals surface area contributed by atoms with Crippen LogP contribution in [0.25, 0.3) is 10.9 Å². The molecule has 0 spiro atoms. The molecule has 1 fully saturated rings. The summed E-state index contributed by atoms with van der Waals surface area (Å²) in [5.41, 5.74) is 2.00. The molecule has 4 rings (SSSR count). The van der Waals surface area contributed by atoms with Crippen LogP contribution in [0.1, 0.15) is 25.5 Å². The minimum absolute atomic E-state index is 0.0203. The van der Waals surface area contributed by atoms with Gasteiger partial charge >= 0.3 is 0 Å². The standard InChI is InChI=1S/C17H16BrClN4O/c18-13-8-11(19)9-20-17(13)22-14-4-3-5-15-12(14)10-21-23(15)16-6-1-2-7-24-16/h3-5,8-10,16H,1-2,6-7H2,(H,20,22). The third-order valence-electron chi connectivity index (χ3n) is 4.13. The van der Waals surface area contributed by atoms with E-state index in [9.17, 15) is 0 Å². The van der Waals surface area contributed by atoms with Crippen molar-refractivity contribution in [2.24, 2.45) is 0 Å². The highest BCUT2D eigenvalue weighted by molar-refractivity contribution is 9.10. The zero-order chi connectivity index (χ0) is 16.5. The number of nitrogens with zero attached hydrogens (tertiary/aromatic N) is 3. The molecule has 1 aliphatic rings. The minimum Gasteiger partial charge on any atom is -0.356 e. The molecule has 5 nitrogen and oxygen atoms in total. The Bertz CT molecular complexity index is 876. The van der Waals surface area contributed by atoms with Crippen molar-refractivity contribution in [1.29, 1.82) is 0 Å². The smallest absolute Gasteiger partial charge is 0.150 e. The molecule has 0 aliphatic carbocycles. The molecular formula is C17H16BrClN4O. The summed E-state index contributed by atoms with van der Waals surface area (Å²) in [6, 6.07) is 7.90. The molecule has 3 aromatic rings. The maximum atomic E-state index is 5.96. The van der Waals surface area contributed by atoms with Crippen molar-refractivity contribution in [3.63, 3.8) is 0 Å². The number of fused-ring (bicyclic) bond motifs is 1. The van der Waals surface area contributed by atoms with Crippen LogP contribution in [-0.4, -0.2) is 21.4 Å². The highest BCUT2D eigenvalue weighted by Gasteiger charge is 2.19. The molecule has 124 valence electrons. The van der Waals surface area contributed by atoms with Gasteiger partial charge in [0.2, 0.25) is 0 Å². The van der Waals surface area contributed by atoms with Gasteiger partial charge in [0.15, 0.2) is 6.23 Å². The zero-order valence-corrected chi connectivity index (χ0v) is 15.2.